The molecule has 0 aliphatic heterocycles. The molecule has 7 heteroatoms. The van der Waals surface area contributed by atoms with Gasteiger partial charge in [0.05, 0.1) is 13.1 Å². The molecule has 2 heterocycles. The monoisotopic (exact) mass is 351 g/mol. The summed E-state index contributed by atoms with van der Waals surface area (Å²) in [5.41, 5.74) is 2.36. The minimum Gasteiger partial charge on any atom is -0.357 e. The van der Waals surface area contributed by atoms with Gasteiger partial charge in [-0.25, -0.2) is 14.7 Å². The van der Waals surface area contributed by atoms with Gasteiger partial charge in [0.25, 0.3) is 0 Å². The Morgan fingerprint density at radius 2 is 1.96 bits per heavy atom. The number of aliphatic imine (C=N–C) groups is 1. The van der Waals surface area contributed by atoms with E-state index in [-0.39, 0.29) is 0 Å². The maximum absolute atomic E-state index is 4.69. The second-order valence-corrected chi connectivity index (χ2v) is 5.96. The molecule has 0 spiro atoms. The molecule has 0 fully saturated rings. The first-order valence-electron chi connectivity index (χ1n) is 8.86. The van der Waals surface area contributed by atoms with Crippen molar-refractivity contribution in [2.45, 2.75) is 26.6 Å². The van der Waals surface area contributed by atoms with Gasteiger partial charge < -0.3 is 15.2 Å². The molecule has 0 unspecified atom stereocenters. The molecule has 0 aliphatic rings. The predicted octanol–water partition coefficient (Wildman–Crippen LogP) is 1.88. The van der Waals surface area contributed by atoms with Crippen molar-refractivity contribution in [2.75, 3.05) is 13.1 Å². The molecule has 0 atom stereocenters. The number of hydrogen-bond acceptors (Lipinski definition) is 3. The largest absolute Gasteiger partial charge is 0.357 e. The molecule has 3 rings (SSSR count). The minimum absolute atomic E-state index is 0.629. The van der Waals surface area contributed by atoms with Gasteiger partial charge in [-0.2, -0.15) is 5.10 Å². The average Bonchev–Trinajstić information content (AvgIpc) is 3.34. The lowest BCUT2D eigenvalue weighted by Crippen LogP contribution is -2.38. The van der Waals surface area contributed by atoms with Gasteiger partial charge in [0.2, 0.25) is 0 Å². The number of aromatic nitrogens is 4. The highest BCUT2D eigenvalue weighted by molar-refractivity contribution is 5.79. The van der Waals surface area contributed by atoms with Crippen LogP contribution in [0.5, 0.6) is 0 Å². The van der Waals surface area contributed by atoms with E-state index in [9.17, 15) is 0 Å². The van der Waals surface area contributed by atoms with E-state index in [2.05, 4.69) is 68.9 Å². The van der Waals surface area contributed by atoms with Crippen LogP contribution in [0.2, 0.25) is 0 Å². The first-order chi connectivity index (χ1) is 12.8. The second-order valence-electron chi connectivity index (χ2n) is 5.96. The SMILES string of the molecule is CCNC(=NCc1cccc(Cn2cncn2)c1)NCCn1cccc1. The molecule has 2 aromatic heterocycles. The number of benzene rings is 1. The van der Waals surface area contributed by atoms with Gasteiger partial charge in [0.1, 0.15) is 12.7 Å². The first-order valence-corrected chi connectivity index (χ1v) is 8.86. The van der Waals surface area contributed by atoms with Crippen LogP contribution in [-0.4, -0.2) is 38.4 Å². The molecule has 7 nitrogen and oxygen atoms in total. The van der Waals surface area contributed by atoms with Crippen LogP contribution in [0.1, 0.15) is 18.1 Å². The Hall–Kier alpha value is -3.09. The van der Waals surface area contributed by atoms with Crippen LogP contribution in [0.25, 0.3) is 0 Å². The molecule has 26 heavy (non-hydrogen) atoms. The second kappa shape index (κ2) is 9.41. The Labute approximate surface area is 153 Å². The average molecular weight is 351 g/mol. The number of guanidine groups is 1. The van der Waals surface area contributed by atoms with Crippen LogP contribution < -0.4 is 10.6 Å². The van der Waals surface area contributed by atoms with Crippen molar-refractivity contribution in [1.82, 2.24) is 30.0 Å². The van der Waals surface area contributed by atoms with E-state index in [1.807, 2.05) is 16.8 Å². The van der Waals surface area contributed by atoms with E-state index in [1.54, 1.807) is 12.7 Å². The lowest BCUT2D eigenvalue weighted by molar-refractivity contribution is 0.665. The summed E-state index contributed by atoms with van der Waals surface area (Å²) in [6, 6.07) is 12.5. The van der Waals surface area contributed by atoms with Crippen molar-refractivity contribution in [2.24, 2.45) is 4.99 Å². The number of nitrogens with one attached hydrogen (secondary N) is 2. The molecule has 0 saturated heterocycles. The van der Waals surface area contributed by atoms with E-state index < -0.39 is 0 Å². The van der Waals surface area contributed by atoms with E-state index >= 15 is 0 Å². The van der Waals surface area contributed by atoms with Gasteiger partial charge in [0, 0.05) is 32.0 Å². The lowest BCUT2D eigenvalue weighted by atomic mass is 10.1. The smallest absolute Gasteiger partial charge is 0.191 e. The maximum atomic E-state index is 4.69. The van der Waals surface area contributed by atoms with Crippen molar-refractivity contribution in [3.05, 3.63) is 72.6 Å². The van der Waals surface area contributed by atoms with Crippen LogP contribution in [0.15, 0.2) is 66.4 Å². The zero-order valence-electron chi connectivity index (χ0n) is 15.0. The highest BCUT2D eigenvalue weighted by atomic mass is 15.3. The van der Waals surface area contributed by atoms with Crippen molar-refractivity contribution < 1.29 is 0 Å². The van der Waals surface area contributed by atoms with E-state index in [0.717, 1.165) is 25.6 Å². The van der Waals surface area contributed by atoms with Crippen LogP contribution >= 0.6 is 0 Å². The lowest BCUT2D eigenvalue weighted by Gasteiger charge is -2.12. The van der Waals surface area contributed by atoms with E-state index in [4.69, 9.17) is 4.99 Å². The molecular weight excluding hydrogens is 326 g/mol. The third kappa shape index (κ3) is 5.47. The summed E-state index contributed by atoms with van der Waals surface area (Å²) in [4.78, 5) is 8.67. The fourth-order valence-corrected chi connectivity index (χ4v) is 2.66. The number of hydrogen-bond donors (Lipinski definition) is 2. The molecule has 0 bridgehead atoms. The van der Waals surface area contributed by atoms with Gasteiger partial charge in [-0.05, 0) is 30.2 Å². The quantitative estimate of drug-likeness (QED) is 0.480. The maximum Gasteiger partial charge on any atom is 0.191 e. The molecule has 0 aliphatic carbocycles. The summed E-state index contributed by atoms with van der Waals surface area (Å²) < 4.78 is 3.96. The summed E-state index contributed by atoms with van der Waals surface area (Å²) in [6.45, 7) is 5.98. The molecule has 0 radical (unpaired) electrons. The van der Waals surface area contributed by atoms with Gasteiger partial charge in [-0.1, -0.05) is 24.3 Å². The van der Waals surface area contributed by atoms with Gasteiger partial charge in [0.15, 0.2) is 5.96 Å². The van der Waals surface area contributed by atoms with Crippen molar-refractivity contribution in [3.8, 4) is 0 Å². The highest BCUT2D eigenvalue weighted by Crippen LogP contribution is 2.08. The van der Waals surface area contributed by atoms with Crippen molar-refractivity contribution >= 4 is 5.96 Å². The van der Waals surface area contributed by atoms with Crippen LogP contribution in [0, 0.1) is 0 Å². The summed E-state index contributed by atoms with van der Waals surface area (Å²) >= 11 is 0. The fourth-order valence-electron chi connectivity index (χ4n) is 2.66. The normalized spacial score (nSPS) is 11.5. The Balaban J connectivity index is 1.56. The Morgan fingerprint density at radius 3 is 2.73 bits per heavy atom. The Kier molecular flexibility index (Phi) is 6.41. The third-order valence-corrected chi connectivity index (χ3v) is 3.90. The fraction of sp³-hybridized carbons (Fsp3) is 0.316. The molecular formula is C19H25N7. The van der Waals surface area contributed by atoms with Crippen molar-refractivity contribution in [3.63, 3.8) is 0 Å². The van der Waals surface area contributed by atoms with E-state index in [0.29, 0.717) is 13.1 Å². The first kappa shape index (κ1) is 17.7. The Morgan fingerprint density at radius 1 is 1.12 bits per heavy atom. The van der Waals surface area contributed by atoms with Gasteiger partial charge >= 0.3 is 0 Å². The number of nitrogens with zero attached hydrogens (tertiary/aromatic N) is 5. The molecule has 136 valence electrons. The summed E-state index contributed by atoms with van der Waals surface area (Å²) in [7, 11) is 0. The van der Waals surface area contributed by atoms with Crippen LogP contribution in [0.4, 0.5) is 0 Å². The molecule has 2 N–H and O–H groups in total. The molecule has 1 aromatic carbocycles. The summed E-state index contributed by atoms with van der Waals surface area (Å²) in [5.74, 6) is 0.835. The minimum atomic E-state index is 0.629. The Bertz CT molecular complexity index is 791. The van der Waals surface area contributed by atoms with E-state index in [1.165, 1.54) is 11.1 Å². The zero-order valence-corrected chi connectivity index (χ0v) is 15.0. The van der Waals surface area contributed by atoms with Crippen LogP contribution in [0.3, 0.4) is 0 Å². The molecule has 0 amide bonds. The molecule has 3 aromatic rings. The highest BCUT2D eigenvalue weighted by Gasteiger charge is 2.00. The predicted molar refractivity (Wildman–Crippen MR) is 103 cm³/mol. The van der Waals surface area contributed by atoms with Gasteiger partial charge in [-0.3, -0.25) is 0 Å². The topological polar surface area (TPSA) is 72.1 Å². The van der Waals surface area contributed by atoms with Gasteiger partial charge in [-0.15, -0.1) is 0 Å². The summed E-state index contributed by atoms with van der Waals surface area (Å²) in [5, 5.41) is 10.8. The zero-order chi connectivity index (χ0) is 18.0. The van der Waals surface area contributed by atoms with Crippen molar-refractivity contribution in [1.29, 1.82) is 0 Å². The summed E-state index contributed by atoms with van der Waals surface area (Å²) in [6.07, 6.45) is 7.40. The standard InChI is InChI=1S/C19H25N7/c1-2-21-19(22-8-11-25-9-3-4-10-25)23-13-17-6-5-7-18(12-17)14-26-16-20-15-24-26/h3-7,9-10,12,15-16H,2,8,11,13-14H2,1H3,(H2,21,22,23). The van der Waals surface area contributed by atoms with Crippen LogP contribution in [-0.2, 0) is 19.6 Å². The number of rotatable bonds is 8. The third-order valence-electron chi connectivity index (χ3n) is 3.90. The molecule has 0 saturated carbocycles.